The van der Waals surface area contributed by atoms with Crippen molar-refractivity contribution < 1.29 is 22.7 Å². The van der Waals surface area contributed by atoms with Crippen molar-refractivity contribution >= 4 is 34.1 Å². The maximum absolute atomic E-state index is 12.3. The van der Waals surface area contributed by atoms with Gasteiger partial charge in [-0.1, -0.05) is 0 Å². The number of aryl methyl sites for hydroxylation is 1. The van der Waals surface area contributed by atoms with Gasteiger partial charge in [0.15, 0.2) is 0 Å². The molecule has 0 atom stereocenters. The number of pyridine rings is 1. The van der Waals surface area contributed by atoms with Crippen LogP contribution in [0.3, 0.4) is 0 Å². The van der Waals surface area contributed by atoms with Crippen molar-refractivity contribution in [1.29, 1.82) is 0 Å². The first kappa shape index (κ1) is 22.7. The molecule has 1 aliphatic heterocycles. The van der Waals surface area contributed by atoms with Gasteiger partial charge in [-0.25, -0.2) is 9.78 Å². The summed E-state index contributed by atoms with van der Waals surface area (Å²) >= 11 is 0. The number of benzene rings is 2. The van der Waals surface area contributed by atoms with Crippen LogP contribution in [0.1, 0.15) is 5.56 Å². The van der Waals surface area contributed by atoms with Crippen molar-refractivity contribution in [2.24, 2.45) is 0 Å². The van der Waals surface area contributed by atoms with Gasteiger partial charge in [0.05, 0.1) is 5.52 Å². The molecule has 2 amide bonds. The molecule has 4 rings (SSSR count). The molecule has 1 saturated heterocycles. The zero-order chi connectivity index (χ0) is 23.6. The SMILES string of the molecule is Cc1cc(N2CCN(C)CC2)nc2ccc(NC(=O)Nc3ccc(OC(F)(F)F)cc3)cc12. The lowest BCUT2D eigenvalue weighted by Gasteiger charge is -2.33. The van der Waals surface area contributed by atoms with Crippen molar-refractivity contribution in [2.45, 2.75) is 13.3 Å². The minimum atomic E-state index is -4.76. The first-order valence-electron chi connectivity index (χ1n) is 10.4. The van der Waals surface area contributed by atoms with Crippen LogP contribution in [0.2, 0.25) is 0 Å². The summed E-state index contributed by atoms with van der Waals surface area (Å²) in [6.45, 7) is 5.86. The molecule has 10 heteroatoms. The van der Waals surface area contributed by atoms with E-state index in [-0.39, 0.29) is 5.75 Å². The number of alkyl halides is 3. The van der Waals surface area contributed by atoms with E-state index < -0.39 is 12.4 Å². The molecule has 0 spiro atoms. The van der Waals surface area contributed by atoms with E-state index in [1.807, 2.05) is 19.1 Å². The lowest BCUT2D eigenvalue weighted by atomic mass is 10.1. The number of amides is 2. The molecule has 0 bridgehead atoms. The zero-order valence-electron chi connectivity index (χ0n) is 18.2. The van der Waals surface area contributed by atoms with Gasteiger partial charge in [-0.15, -0.1) is 13.2 Å². The zero-order valence-corrected chi connectivity index (χ0v) is 18.2. The Kier molecular flexibility index (Phi) is 6.28. The molecule has 0 aliphatic carbocycles. The van der Waals surface area contributed by atoms with Gasteiger partial charge in [0.1, 0.15) is 11.6 Å². The molecule has 0 saturated carbocycles. The first-order chi connectivity index (χ1) is 15.7. The van der Waals surface area contributed by atoms with E-state index in [1.54, 1.807) is 6.07 Å². The highest BCUT2D eigenvalue weighted by Crippen LogP contribution is 2.27. The molecule has 0 unspecified atom stereocenters. The number of fused-ring (bicyclic) bond motifs is 1. The fourth-order valence-corrected chi connectivity index (χ4v) is 3.69. The Labute approximate surface area is 189 Å². The fraction of sp³-hybridized carbons (Fsp3) is 0.304. The van der Waals surface area contributed by atoms with E-state index in [4.69, 9.17) is 4.98 Å². The second kappa shape index (κ2) is 9.14. The third-order valence-corrected chi connectivity index (χ3v) is 5.43. The first-order valence-corrected chi connectivity index (χ1v) is 10.4. The summed E-state index contributed by atoms with van der Waals surface area (Å²) < 4.78 is 40.6. The molecule has 33 heavy (non-hydrogen) atoms. The van der Waals surface area contributed by atoms with E-state index in [1.165, 1.54) is 12.1 Å². The number of halogens is 3. The van der Waals surface area contributed by atoms with Crippen LogP contribution < -0.4 is 20.3 Å². The summed E-state index contributed by atoms with van der Waals surface area (Å²) in [6.07, 6.45) is -4.76. The third-order valence-electron chi connectivity index (χ3n) is 5.43. The Morgan fingerprint density at radius 3 is 2.27 bits per heavy atom. The molecule has 2 aromatic carbocycles. The Morgan fingerprint density at radius 1 is 0.970 bits per heavy atom. The monoisotopic (exact) mass is 459 g/mol. The Bertz CT molecular complexity index is 1140. The summed E-state index contributed by atoms with van der Waals surface area (Å²) in [4.78, 5) is 21.7. The molecular formula is C23H24F3N5O2. The number of piperazine rings is 1. The summed E-state index contributed by atoms with van der Waals surface area (Å²) in [5.41, 5.74) is 2.81. The Hall–Kier alpha value is -3.53. The lowest BCUT2D eigenvalue weighted by molar-refractivity contribution is -0.274. The number of urea groups is 1. The maximum atomic E-state index is 12.3. The molecule has 2 heterocycles. The lowest BCUT2D eigenvalue weighted by Crippen LogP contribution is -2.44. The molecule has 174 valence electrons. The molecule has 3 aromatic rings. The predicted molar refractivity (Wildman–Crippen MR) is 122 cm³/mol. The number of carbonyl (C=O) groups is 1. The van der Waals surface area contributed by atoms with Crippen LogP contribution in [0.15, 0.2) is 48.5 Å². The van der Waals surface area contributed by atoms with Crippen molar-refractivity contribution in [2.75, 3.05) is 48.8 Å². The van der Waals surface area contributed by atoms with E-state index in [0.29, 0.717) is 11.4 Å². The standard InChI is InChI=1S/C23H24F3N5O2/c1-15-13-21(31-11-9-30(2)10-12-31)29-20-8-5-17(14-19(15)20)28-22(32)27-16-3-6-18(7-4-16)33-23(24,25)26/h3-8,13-14H,9-12H2,1-2H3,(H2,27,28,32). The predicted octanol–water partition coefficient (Wildman–Crippen LogP) is 4.84. The number of ether oxygens (including phenoxy) is 1. The average molecular weight is 459 g/mol. The minimum absolute atomic E-state index is 0.331. The third kappa shape index (κ3) is 5.83. The van der Waals surface area contributed by atoms with Crippen LogP contribution in [0, 0.1) is 6.92 Å². The number of anilines is 3. The number of aromatic nitrogens is 1. The number of hydrogen-bond acceptors (Lipinski definition) is 5. The number of hydrogen-bond donors (Lipinski definition) is 2. The highest BCUT2D eigenvalue weighted by atomic mass is 19.4. The number of carbonyl (C=O) groups excluding carboxylic acids is 1. The topological polar surface area (TPSA) is 69.7 Å². The van der Waals surface area contributed by atoms with Crippen LogP contribution in [-0.4, -0.2) is 55.5 Å². The van der Waals surface area contributed by atoms with Gasteiger partial charge < -0.3 is 25.2 Å². The van der Waals surface area contributed by atoms with Gasteiger partial charge in [0.25, 0.3) is 0 Å². The van der Waals surface area contributed by atoms with Crippen molar-refractivity contribution in [1.82, 2.24) is 9.88 Å². The second-order valence-corrected chi connectivity index (χ2v) is 7.97. The smallest absolute Gasteiger partial charge is 0.406 e. The van der Waals surface area contributed by atoms with Crippen molar-refractivity contribution in [3.63, 3.8) is 0 Å². The van der Waals surface area contributed by atoms with Gasteiger partial charge in [-0.2, -0.15) is 0 Å². The molecule has 1 fully saturated rings. The largest absolute Gasteiger partial charge is 0.573 e. The quantitative estimate of drug-likeness (QED) is 0.585. The summed E-state index contributed by atoms with van der Waals surface area (Å²) in [5.74, 6) is 0.589. The maximum Gasteiger partial charge on any atom is 0.573 e. The van der Waals surface area contributed by atoms with Crippen molar-refractivity contribution in [3.05, 3.63) is 54.1 Å². The summed E-state index contributed by atoms with van der Waals surface area (Å²) in [5, 5.41) is 6.26. The summed E-state index contributed by atoms with van der Waals surface area (Å²) in [6, 6.07) is 11.9. The summed E-state index contributed by atoms with van der Waals surface area (Å²) in [7, 11) is 2.11. The molecular weight excluding hydrogens is 435 g/mol. The van der Waals surface area contributed by atoms with Gasteiger partial charge in [0, 0.05) is 42.9 Å². The molecule has 0 radical (unpaired) electrons. The number of rotatable bonds is 4. The molecule has 1 aliphatic rings. The second-order valence-electron chi connectivity index (χ2n) is 7.97. The highest BCUT2D eigenvalue weighted by Gasteiger charge is 2.31. The van der Waals surface area contributed by atoms with E-state index in [9.17, 15) is 18.0 Å². The normalized spacial score (nSPS) is 14.9. The fourth-order valence-electron chi connectivity index (χ4n) is 3.69. The molecule has 2 N–H and O–H groups in total. The highest BCUT2D eigenvalue weighted by molar-refractivity contribution is 6.01. The van der Waals surface area contributed by atoms with Gasteiger partial charge in [0.2, 0.25) is 0 Å². The molecule has 1 aromatic heterocycles. The number of likely N-dealkylation sites (N-methyl/N-ethyl adjacent to an activating group) is 1. The van der Waals surface area contributed by atoms with Crippen LogP contribution in [0.4, 0.5) is 35.2 Å². The Balaban J connectivity index is 1.42. The van der Waals surface area contributed by atoms with E-state index >= 15 is 0 Å². The number of nitrogens with one attached hydrogen (secondary N) is 2. The molecule has 7 nitrogen and oxygen atoms in total. The van der Waals surface area contributed by atoms with E-state index in [2.05, 4.69) is 38.3 Å². The van der Waals surface area contributed by atoms with Crippen LogP contribution >= 0.6 is 0 Å². The van der Waals surface area contributed by atoms with Gasteiger partial charge in [-0.3, -0.25) is 0 Å². The van der Waals surface area contributed by atoms with Crippen LogP contribution in [-0.2, 0) is 0 Å². The van der Waals surface area contributed by atoms with Crippen molar-refractivity contribution in [3.8, 4) is 5.75 Å². The minimum Gasteiger partial charge on any atom is -0.406 e. The van der Waals surface area contributed by atoms with Gasteiger partial charge in [-0.05, 0) is 68.1 Å². The van der Waals surface area contributed by atoms with Gasteiger partial charge >= 0.3 is 12.4 Å². The number of nitrogens with zero attached hydrogens (tertiary/aromatic N) is 3. The van der Waals surface area contributed by atoms with E-state index in [0.717, 1.165) is 60.6 Å². The Morgan fingerprint density at radius 2 is 1.61 bits per heavy atom. The van der Waals surface area contributed by atoms with Crippen LogP contribution in [0.25, 0.3) is 10.9 Å². The van der Waals surface area contributed by atoms with Crippen LogP contribution in [0.5, 0.6) is 5.75 Å². The average Bonchev–Trinajstić information content (AvgIpc) is 2.75.